The van der Waals surface area contributed by atoms with Gasteiger partial charge in [0.1, 0.15) is 0 Å². The molecule has 0 heterocycles. The molecule has 4 nitrogen and oxygen atoms in total. The van der Waals surface area contributed by atoms with Crippen LogP contribution in [-0.2, 0) is 9.59 Å². The zero-order valence-corrected chi connectivity index (χ0v) is 20.9. The number of carboxylic acid groups (broad SMARTS) is 2. The number of aliphatic carboxylic acids is 2. The van der Waals surface area contributed by atoms with Gasteiger partial charge < -0.3 is 10.2 Å². The third-order valence-electron chi connectivity index (χ3n) is 7.24. The smallest absolute Gasteiger partial charge is 0.310 e. The van der Waals surface area contributed by atoms with Gasteiger partial charge in [0.2, 0.25) is 0 Å². The third-order valence-corrected chi connectivity index (χ3v) is 7.24. The van der Waals surface area contributed by atoms with E-state index >= 15 is 0 Å². The molecule has 0 radical (unpaired) electrons. The molecule has 1 aliphatic carbocycles. The first-order chi connectivity index (χ1) is 13.5. The Balaban J connectivity index is 3.15. The normalized spacial score (nSPS) is 27.5. The predicted molar refractivity (Wildman–Crippen MR) is 124 cm³/mol. The first kappa shape index (κ1) is 27.0. The van der Waals surface area contributed by atoms with Crippen LogP contribution < -0.4 is 0 Å². The van der Waals surface area contributed by atoms with Gasteiger partial charge in [-0.05, 0) is 74.0 Å². The quantitative estimate of drug-likeness (QED) is 0.383. The van der Waals surface area contributed by atoms with Crippen molar-refractivity contribution in [2.24, 2.45) is 33.5 Å². The second-order valence-corrected chi connectivity index (χ2v) is 12.8. The molecule has 2 N–H and O–H groups in total. The fourth-order valence-electron chi connectivity index (χ4n) is 6.18. The summed E-state index contributed by atoms with van der Waals surface area (Å²) in [5.41, 5.74) is -1.92. The fourth-order valence-corrected chi connectivity index (χ4v) is 6.18. The van der Waals surface area contributed by atoms with Gasteiger partial charge in [-0.1, -0.05) is 68.2 Å². The van der Waals surface area contributed by atoms with Crippen molar-refractivity contribution in [2.45, 2.75) is 120 Å². The van der Waals surface area contributed by atoms with Gasteiger partial charge in [0.25, 0.3) is 0 Å². The molecule has 0 aliphatic heterocycles. The van der Waals surface area contributed by atoms with E-state index in [1.807, 2.05) is 0 Å². The molecule has 0 aromatic rings. The lowest BCUT2D eigenvalue weighted by Crippen LogP contribution is -2.55. The summed E-state index contributed by atoms with van der Waals surface area (Å²) in [6, 6.07) is 0. The van der Waals surface area contributed by atoms with Gasteiger partial charge in [-0.3, -0.25) is 9.59 Å². The van der Waals surface area contributed by atoms with Crippen molar-refractivity contribution in [1.29, 1.82) is 0 Å². The third kappa shape index (κ3) is 6.99. The van der Waals surface area contributed by atoms with Crippen molar-refractivity contribution >= 4 is 11.9 Å². The Bertz CT molecular complexity index is 531. The van der Waals surface area contributed by atoms with Gasteiger partial charge in [-0.2, -0.15) is 0 Å². The van der Waals surface area contributed by atoms with Crippen LogP contribution in [0.3, 0.4) is 0 Å². The van der Waals surface area contributed by atoms with Crippen LogP contribution in [0.5, 0.6) is 0 Å². The Morgan fingerprint density at radius 2 is 1.03 bits per heavy atom. The van der Waals surface area contributed by atoms with E-state index in [9.17, 15) is 19.8 Å². The lowest BCUT2D eigenvalue weighted by Gasteiger charge is -2.49. The van der Waals surface area contributed by atoms with Crippen molar-refractivity contribution < 1.29 is 19.8 Å². The summed E-state index contributed by atoms with van der Waals surface area (Å²) in [6.07, 6.45) is 7.14. The van der Waals surface area contributed by atoms with Crippen LogP contribution in [-0.4, -0.2) is 22.2 Å². The van der Waals surface area contributed by atoms with Crippen molar-refractivity contribution in [2.75, 3.05) is 0 Å². The molecular weight excluding hydrogens is 376 g/mol. The van der Waals surface area contributed by atoms with E-state index in [0.29, 0.717) is 37.5 Å². The van der Waals surface area contributed by atoms with E-state index in [-0.39, 0.29) is 10.8 Å². The SMILES string of the molecule is CC(CCC1(C(=O)O)CCCCC1(CCC(C)CC(C)(C)C)C(=O)O)CC(C)(C)C. The summed E-state index contributed by atoms with van der Waals surface area (Å²) >= 11 is 0. The maximum atomic E-state index is 12.7. The van der Waals surface area contributed by atoms with Gasteiger partial charge in [-0.25, -0.2) is 0 Å². The summed E-state index contributed by atoms with van der Waals surface area (Å²) in [4.78, 5) is 25.4. The second-order valence-electron chi connectivity index (χ2n) is 12.8. The van der Waals surface area contributed by atoms with Crippen LogP contribution in [0, 0.1) is 33.5 Å². The average molecular weight is 425 g/mol. The molecule has 0 bridgehead atoms. The lowest BCUT2D eigenvalue weighted by molar-refractivity contribution is -0.183. The van der Waals surface area contributed by atoms with Crippen LogP contribution in [0.1, 0.15) is 120 Å². The van der Waals surface area contributed by atoms with Crippen LogP contribution in [0.2, 0.25) is 0 Å². The lowest BCUT2D eigenvalue weighted by atomic mass is 9.51. The predicted octanol–water partition coefficient (Wildman–Crippen LogP) is 7.41. The highest BCUT2D eigenvalue weighted by molar-refractivity contribution is 5.87. The minimum absolute atomic E-state index is 0.189. The van der Waals surface area contributed by atoms with E-state index < -0.39 is 22.8 Å². The van der Waals surface area contributed by atoms with E-state index in [0.717, 1.165) is 38.5 Å². The van der Waals surface area contributed by atoms with Crippen LogP contribution in [0.25, 0.3) is 0 Å². The molecule has 1 rings (SSSR count). The monoisotopic (exact) mass is 424 g/mol. The number of rotatable bonds is 10. The molecule has 0 aromatic heterocycles. The van der Waals surface area contributed by atoms with Crippen LogP contribution in [0.15, 0.2) is 0 Å². The summed E-state index contributed by atoms with van der Waals surface area (Å²) in [5, 5.41) is 20.8. The van der Waals surface area contributed by atoms with Crippen molar-refractivity contribution in [1.82, 2.24) is 0 Å². The molecule has 176 valence electrons. The highest BCUT2D eigenvalue weighted by Gasteiger charge is 2.61. The Hall–Kier alpha value is -1.06. The maximum Gasteiger partial charge on any atom is 0.310 e. The molecule has 4 heteroatoms. The second kappa shape index (κ2) is 10.0. The first-order valence-corrected chi connectivity index (χ1v) is 12.0. The number of carboxylic acids is 2. The maximum absolute atomic E-state index is 12.7. The minimum atomic E-state index is -1.15. The van der Waals surface area contributed by atoms with Gasteiger partial charge in [0, 0.05) is 0 Å². The molecule has 4 atom stereocenters. The molecule has 0 saturated heterocycles. The van der Waals surface area contributed by atoms with E-state index in [4.69, 9.17) is 0 Å². The van der Waals surface area contributed by atoms with Gasteiger partial charge in [0.05, 0.1) is 10.8 Å². The molecule has 0 amide bonds. The highest BCUT2D eigenvalue weighted by atomic mass is 16.4. The Morgan fingerprint density at radius 3 is 1.27 bits per heavy atom. The average Bonchev–Trinajstić information content (AvgIpc) is 2.55. The zero-order valence-electron chi connectivity index (χ0n) is 20.9. The van der Waals surface area contributed by atoms with E-state index in [1.165, 1.54) is 0 Å². The van der Waals surface area contributed by atoms with E-state index in [2.05, 4.69) is 55.4 Å². The first-order valence-electron chi connectivity index (χ1n) is 12.0. The highest BCUT2D eigenvalue weighted by Crippen LogP contribution is 2.57. The Kier molecular flexibility index (Phi) is 9.03. The van der Waals surface area contributed by atoms with Gasteiger partial charge in [0.15, 0.2) is 0 Å². The van der Waals surface area contributed by atoms with Crippen molar-refractivity contribution in [3.8, 4) is 0 Å². The number of hydrogen-bond acceptors (Lipinski definition) is 2. The topological polar surface area (TPSA) is 74.6 Å². The van der Waals surface area contributed by atoms with Gasteiger partial charge >= 0.3 is 11.9 Å². The van der Waals surface area contributed by atoms with Crippen LogP contribution >= 0.6 is 0 Å². The minimum Gasteiger partial charge on any atom is -0.481 e. The molecular formula is C26H48O4. The molecule has 1 fully saturated rings. The largest absolute Gasteiger partial charge is 0.481 e. The number of hydrogen-bond donors (Lipinski definition) is 2. The zero-order chi connectivity index (χ0) is 23.4. The molecule has 0 spiro atoms. The standard InChI is InChI=1S/C26H48O4/c1-19(17-23(3,4)5)11-15-25(21(27)28)13-9-10-14-26(25,22(29)30)16-12-20(2)18-24(6,7)8/h19-20H,9-18H2,1-8H3,(H,27,28)(H,29,30). The summed E-state index contributed by atoms with van der Waals surface area (Å²) < 4.78 is 0. The molecule has 30 heavy (non-hydrogen) atoms. The molecule has 0 aromatic carbocycles. The summed E-state index contributed by atoms with van der Waals surface area (Å²) in [5.74, 6) is -1.02. The summed E-state index contributed by atoms with van der Waals surface area (Å²) in [6.45, 7) is 17.6. The number of carbonyl (C=O) groups is 2. The Morgan fingerprint density at radius 1 is 0.733 bits per heavy atom. The fraction of sp³-hybridized carbons (Fsp3) is 0.923. The molecule has 1 aliphatic rings. The van der Waals surface area contributed by atoms with Crippen LogP contribution in [0.4, 0.5) is 0 Å². The molecule has 1 saturated carbocycles. The van der Waals surface area contributed by atoms with Crippen molar-refractivity contribution in [3.05, 3.63) is 0 Å². The van der Waals surface area contributed by atoms with Gasteiger partial charge in [-0.15, -0.1) is 0 Å². The molecule has 4 unspecified atom stereocenters. The van der Waals surface area contributed by atoms with Crippen molar-refractivity contribution in [3.63, 3.8) is 0 Å². The van der Waals surface area contributed by atoms with E-state index in [1.54, 1.807) is 0 Å². The Labute approximate surface area is 185 Å². The summed E-state index contributed by atoms with van der Waals surface area (Å²) in [7, 11) is 0.